The van der Waals surface area contributed by atoms with Crippen LogP contribution in [0, 0.1) is 0 Å². The Morgan fingerprint density at radius 3 is 2.63 bits per heavy atom. The molecule has 4 nitrogen and oxygen atoms in total. The van der Waals surface area contributed by atoms with Gasteiger partial charge in [0.2, 0.25) is 5.91 Å². The number of amides is 1. The molecule has 1 N–H and O–H groups in total. The first-order chi connectivity index (χ1) is 13.3. The number of carbonyl (C=O) groups is 1. The molecule has 0 atom stereocenters. The number of carbonyl (C=O) groups excluding carboxylic acids is 1. The molecule has 5 heteroatoms. The third kappa shape index (κ3) is 4.15. The average molecular weight is 373 g/mol. The maximum atomic E-state index is 12.4. The number of nitrogens with zero attached hydrogens (tertiary/aromatic N) is 2. The van der Waals surface area contributed by atoms with Gasteiger partial charge in [0.1, 0.15) is 0 Å². The molecule has 0 radical (unpaired) electrons. The Morgan fingerprint density at radius 2 is 1.81 bits per heavy atom. The van der Waals surface area contributed by atoms with E-state index in [1.807, 2.05) is 83.1 Å². The zero-order valence-electron chi connectivity index (χ0n) is 14.7. The normalized spacial score (nSPS) is 10.7. The van der Waals surface area contributed by atoms with Crippen molar-refractivity contribution in [3.8, 4) is 16.1 Å². The highest BCUT2D eigenvalue weighted by Crippen LogP contribution is 2.31. The maximum absolute atomic E-state index is 12.4. The molecule has 4 aromatic rings. The summed E-state index contributed by atoms with van der Waals surface area (Å²) in [5.74, 6) is 0.00599. The fourth-order valence-corrected chi connectivity index (χ4v) is 3.69. The molecule has 1 amide bonds. The van der Waals surface area contributed by atoms with Crippen LogP contribution in [0.15, 0.2) is 84.5 Å². The molecule has 27 heavy (non-hydrogen) atoms. The van der Waals surface area contributed by atoms with Crippen LogP contribution in [0.3, 0.4) is 0 Å². The van der Waals surface area contributed by atoms with Crippen molar-refractivity contribution in [2.75, 3.05) is 5.32 Å². The smallest absolute Gasteiger partial charge is 0.224 e. The number of rotatable bonds is 6. The molecule has 0 saturated heterocycles. The van der Waals surface area contributed by atoms with Crippen molar-refractivity contribution >= 4 is 22.9 Å². The molecular weight excluding hydrogens is 354 g/mol. The van der Waals surface area contributed by atoms with Crippen LogP contribution in [0.4, 0.5) is 5.69 Å². The molecule has 2 heterocycles. The van der Waals surface area contributed by atoms with E-state index < -0.39 is 0 Å². The first kappa shape index (κ1) is 17.2. The van der Waals surface area contributed by atoms with Crippen LogP contribution in [0.25, 0.3) is 16.1 Å². The second kappa shape index (κ2) is 8.01. The highest BCUT2D eigenvalue weighted by Gasteiger charge is 2.10. The van der Waals surface area contributed by atoms with Crippen molar-refractivity contribution in [3.63, 3.8) is 0 Å². The number of para-hydroxylation sites is 2. The van der Waals surface area contributed by atoms with E-state index in [0.717, 1.165) is 27.4 Å². The van der Waals surface area contributed by atoms with Gasteiger partial charge < -0.3 is 5.32 Å². The van der Waals surface area contributed by atoms with Gasteiger partial charge in [-0.25, -0.2) is 4.68 Å². The van der Waals surface area contributed by atoms with Crippen molar-refractivity contribution in [2.45, 2.75) is 12.8 Å². The predicted octanol–water partition coefficient (Wildman–Crippen LogP) is 5.17. The Bertz CT molecular complexity index is 1020. The van der Waals surface area contributed by atoms with Gasteiger partial charge in [-0.05, 0) is 41.6 Å². The molecule has 0 spiro atoms. The van der Waals surface area contributed by atoms with Crippen molar-refractivity contribution in [3.05, 3.63) is 90.1 Å². The average Bonchev–Trinajstić information content (AvgIpc) is 3.40. The summed E-state index contributed by atoms with van der Waals surface area (Å²) in [4.78, 5) is 13.6. The van der Waals surface area contributed by atoms with E-state index in [1.165, 1.54) is 0 Å². The van der Waals surface area contributed by atoms with E-state index in [1.54, 1.807) is 11.3 Å². The summed E-state index contributed by atoms with van der Waals surface area (Å²) < 4.78 is 1.83. The Labute approximate surface area is 162 Å². The highest BCUT2D eigenvalue weighted by molar-refractivity contribution is 7.13. The van der Waals surface area contributed by atoms with E-state index in [9.17, 15) is 4.79 Å². The first-order valence-electron chi connectivity index (χ1n) is 8.81. The summed E-state index contributed by atoms with van der Waals surface area (Å²) in [6.07, 6.45) is 4.86. The Balaban J connectivity index is 1.39. The lowest BCUT2D eigenvalue weighted by atomic mass is 10.1. The lowest BCUT2D eigenvalue weighted by Gasteiger charge is -2.09. The summed E-state index contributed by atoms with van der Waals surface area (Å²) in [6, 6.07) is 21.9. The van der Waals surface area contributed by atoms with Gasteiger partial charge in [-0.3, -0.25) is 4.79 Å². The van der Waals surface area contributed by atoms with Crippen LogP contribution in [0.5, 0.6) is 0 Å². The standard InChI is InChI=1S/C22H19N3OS/c26-22(24-20-10-5-4-9-19(20)21-11-6-14-27-21)13-12-17-15-23-25(16-17)18-7-2-1-3-8-18/h1-11,14-16H,12-13H2,(H,24,26). The number of thiophene rings is 1. The minimum absolute atomic E-state index is 0.00599. The Kier molecular flexibility index (Phi) is 5.12. The van der Waals surface area contributed by atoms with Crippen LogP contribution < -0.4 is 5.32 Å². The van der Waals surface area contributed by atoms with Crippen LogP contribution in [-0.4, -0.2) is 15.7 Å². The van der Waals surface area contributed by atoms with Gasteiger partial charge in [0, 0.05) is 28.7 Å². The number of aromatic nitrogens is 2. The third-order valence-corrected chi connectivity index (χ3v) is 5.19. The summed E-state index contributed by atoms with van der Waals surface area (Å²) in [5.41, 5.74) is 3.96. The number of nitrogens with one attached hydrogen (secondary N) is 1. The molecule has 0 aliphatic rings. The molecule has 134 valence electrons. The maximum Gasteiger partial charge on any atom is 0.224 e. The Hall–Kier alpha value is -3.18. The van der Waals surface area contributed by atoms with E-state index in [2.05, 4.69) is 16.5 Å². The quantitative estimate of drug-likeness (QED) is 0.507. The summed E-state index contributed by atoms with van der Waals surface area (Å²) in [5, 5.41) is 9.47. The van der Waals surface area contributed by atoms with Gasteiger partial charge in [-0.15, -0.1) is 11.3 Å². The minimum Gasteiger partial charge on any atom is -0.325 e. The van der Waals surface area contributed by atoms with Crippen molar-refractivity contribution in [1.82, 2.24) is 9.78 Å². The van der Waals surface area contributed by atoms with Crippen LogP contribution in [0.2, 0.25) is 0 Å². The molecule has 0 fully saturated rings. The van der Waals surface area contributed by atoms with Crippen molar-refractivity contribution in [2.24, 2.45) is 0 Å². The number of hydrogen-bond donors (Lipinski definition) is 1. The number of benzene rings is 2. The predicted molar refractivity (Wildman–Crippen MR) is 110 cm³/mol. The lowest BCUT2D eigenvalue weighted by molar-refractivity contribution is -0.116. The highest BCUT2D eigenvalue weighted by atomic mass is 32.1. The molecule has 0 aliphatic carbocycles. The van der Waals surface area contributed by atoms with Gasteiger partial charge in [0.15, 0.2) is 0 Å². The largest absolute Gasteiger partial charge is 0.325 e. The summed E-state index contributed by atoms with van der Waals surface area (Å²) >= 11 is 1.67. The van der Waals surface area contributed by atoms with E-state index in [4.69, 9.17) is 0 Å². The third-order valence-electron chi connectivity index (χ3n) is 4.29. The monoisotopic (exact) mass is 373 g/mol. The Morgan fingerprint density at radius 1 is 1.00 bits per heavy atom. The molecular formula is C22H19N3OS. The first-order valence-corrected chi connectivity index (χ1v) is 9.69. The zero-order chi connectivity index (χ0) is 18.5. The number of anilines is 1. The molecule has 2 aromatic carbocycles. The minimum atomic E-state index is 0.00599. The SMILES string of the molecule is O=C(CCc1cnn(-c2ccccc2)c1)Nc1ccccc1-c1cccs1. The molecule has 0 bridgehead atoms. The van der Waals surface area contributed by atoms with E-state index >= 15 is 0 Å². The van der Waals surface area contributed by atoms with Crippen LogP contribution >= 0.6 is 11.3 Å². The van der Waals surface area contributed by atoms with Gasteiger partial charge in [0.05, 0.1) is 11.9 Å². The molecule has 0 aliphatic heterocycles. The fraction of sp³-hybridized carbons (Fsp3) is 0.0909. The zero-order valence-corrected chi connectivity index (χ0v) is 15.5. The molecule has 2 aromatic heterocycles. The van der Waals surface area contributed by atoms with Crippen molar-refractivity contribution in [1.29, 1.82) is 0 Å². The number of aryl methyl sites for hydroxylation is 1. The molecule has 0 unspecified atom stereocenters. The van der Waals surface area contributed by atoms with E-state index in [-0.39, 0.29) is 5.91 Å². The van der Waals surface area contributed by atoms with Crippen molar-refractivity contribution < 1.29 is 4.79 Å². The van der Waals surface area contributed by atoms with Crippen LogP contribution in [0.1, 0.15) is 12.0 Å². The second-order valence-electron chi connectivity index (χ2n) is 6.20. The van der Waals surface area contributed by atoms with Gasteiger partial charge in [0.25, 0.3) is 0 Å². The van der Waals surface area contributed by atoms with Gasteiger partial charge in [-0.1, -0.05) is 42.5 Å². The second-order valence-corrected chi connectivity index (χ2v) is 7.15. The summed E-state index contributed by atoms with van der Waals surface area (Å²) in [6.45, 7) is 0. The lowest BCUT2D eigenvalue weighted by Crippen LogP contribution is -2.12. The molecule has 4 rings (SSSR count). The fourth-order valence-electron chi connectivity index (χ4n) is 2.92. The van der Waals surface area contributed by atoms with E-state index in [0.29, 0.717) is 12.8 Å². The van der Waals surface area contributed by atoms with Gasteiger partial charge in [-0.2, -0.15) is 5.10 Å². The van der Waals surface area contributed by atoms with Crippen LogP contribution in [-0.2, 0) is 11.2 Å². The van der Waals surface area contributed by atoms with Gasteiger partial charge >= 0.3 is 0 Å². The summed E-state index contributed by atoms with van der Waals surface area (Å²) in [7, 11) is 0. The molecule has 0 saturated carbocycles. The topological polar surface area (TPSA) is 46.9 Å². The number of hydrogen-bond acceptors (Lipinski definition) is 3.